The largest absolute Gasteiger partial charge is 0.302 e. The third kappa shape index (κ3) is 4.02. The lowest BCUT2D eigenvalue weighted by Gasteiger charge is -2.28. The van der Waals surface area contributed by atoms with Crippen LogP contribution in [0.1, 0.15) is 36.9 Å². The van der Waals surface area contributed by atoms with Gasteiger partial charge in [-0.1, -0.05) is 13.0 Å². The van der Waals surface area contributed by atoms with Crippen molar-refractivity contribution in [1.82, 2.24) is 24.6 Å². The van der Waals surface area contributed by atoms with Gasteiger partial charge in [0.1, 0.15) is 0 Å². The van der Waals surface area contributed by atoms with Gasteiger partial charge in [-0.2, -0.15) is 5.10 Å². The fraction of sp³-hybridized carbons (Fsp3) is 0.579. The maximum Gasteiger partial charge on any atom is 0.0534 e. The Hall–Kier alpha value is -1.72. The van der Waals surface area contributed by atoms with Crippen molar-refractivity contribution in [2.45, 2.75) is 38.9 Å². The second-order valence-electron chi connectivity index (χ2n) is 7.07. The summed E-state index contributed by atoms with van der Waals surface area (Å²) in [6, 6.07) is 4.73. The molecule has 0 radical (unpaired) electrons. The minimum Gasteiger partial charge on any atom is -0.302 e. The van der Waals surface area contributed by atoms with Crippen LogP contribution in [0, 0.1) is 5.92 Å². The van der Waals surface area contributed by atoms with Gasteiger partial charge in [-0.05, 0) is 51.0 Å². The van der Waals surface area contributed by atoms with E-state index in [1.54, 1.807) is 0 Å². The first kappa shape index (κ1) is 17.1. The molecule has 24 heavy (non-hydrogen) atoms. The Morgan fingerprint density at radius 1 is 1.33 bits per heavy atom. The lowest BCUT2D eigenvalue weighted by atomic mass is 9.94. The molecule has 1 aliphatic heterocycles. The number of hydrogen-bond acceptors (Lipinski definition) is 4. The average Bonchev–Trinajstić information content (AvgIpc) is 3.15. The van der Waals surface area contributed by atoms with Crippen LogP contribution >= 0.6 is 0 Å². The lowest BCUT2D eigenvalue weighted by molar-refractivity contribution is 0.213. The van der Waals surface area contributed by atoms with Gasteiger partial charge < -0.3 is 4.90 Å². The molecule has 1 saturated heterocycles. The van der Waals surface area contributed by atoms with E-state index in [2.05, 4.69) is 53.2 Å². The normalized spacial score (nSPS) is 21.7. The van der Waals surface area contributed by atoms with Gasteiger partial charge >= 0.3 is 0 Å². The average molecular weight is 327 g/mol. The highest BCUT2D eigenvalue weighted by Gasteiger charge is 2.33. The van der Waals surface area contributed by atoms with Crippen LogP contribution in [0.3, 0.4) is 0 Å². The van der Waals surface area contributed by atoms with E-state index in [1.165, 1.54) is 17.5 Å². The first-order valence-electron chi connectivity index (χ1n) is 8.97. The second-order valence-corrected chi connectivity index (χ2v) is 7.07. The second kappa shape index (κ2) is 7.90. The van der Waals surface area contributed by atoms with Gasteiger partial charge in [0.25, 0.3) is 0 Å². The van der Waals surface area contributed by atoms with E-state index in [9.17, 15) is 0 Å². The molecule has 3 rings (SSSR count). The van der Waals surface area contributed by atoms with Crippen LogP contribution < -0.4 is 0 Å². The predicted octanol–water partition coefficient (Wildman–Crippen LogP) is 2.81. The van der Waals surface area contributed by atoms with Gasteiger partial charge in [-0.3, -0.25) is 14.6 Å². The highest BCUT2D eigenvalue weighted by Crippen LogP contribution is 2.36. The van der Waals surface area contributed by atoms with E-state index in [-0.39, 0.29) is 0 Å². The van der Waals surface area contributed by atoms with Gasteiger partial charge in [-0.25, -0.2) is 0 Å². The number of nitrogens with zero attached hydrogens (tertiary/aromatic N) is 5. The zero-order valence-corrected chi connectivity index (χ0v) is 15.1. The molecule has 0 spiro atoms. The molecule has 0 bridgehead atoms. The topological polar surface area (TPSA) is 37.2 Å². The van der Waals surface area contributed by atoms with E-state index in [4.69, 9.17) is 0 Å². The standard InChI is InChI=1S/C19H29N5/c1-4-9-24-14-16(11-21-24)13-22(2)15-18-7-10-23(3)19(18)17-6-5-8-20-12-17/h5-6,8,11-12,14,18-19H,4,7,9-10,13,15H2,1-3H3/t18-,19-/m0/s1. The van der Waals surface area contributed by atoms with Crippen LogP contribution in [0.2, 0.25) is 0 Å². The molecule has 5 nitrogen and oxygen atoms in total. The minimum absolute atomic E-state index is 0.476. The van der Waals surface area contributed by atoms with Crippen LogP contribution in [0.25, 0.3) is 0 Å². The predicted molar refractivity (Wildman–Crippen MR) is 96.6 cm³/mol. The molecule has 2 atom stereocenters. The third-order valence-electron chi connectivity index (χ3n) is 4.94. The molecule has 0 aliphatic carbocycles. The smallest absolute Gasteiger partial charge is 0.0534 e. The maximum atomic E-state index is 4.44. The zero-order chi connectivity index (χ0) is 16.9. The van der Waals surface area contributed by atoms with Gasteiger partial charge in [0.05, 0.1) is 6.20 Å². The molecule has 2 aromatic rings. The van der Waals surface area contributed by atoms with E-state index in [0.29, 0.717) is 12.0 Å². The fourth-order valence-corrected chi connectivity index (χ4v) is 3.91. The van der Waals surface area contributed by atoms with Gasteiger partial charge in [0.2, 0.25) is 0 Å². The zero-order valence-electron chi connectivity index (χ0n) is 15.1. The minimum atomic E-state index is 0.476. The molecule has 0 N–H and O–H groups in total. The van der Waals surface area contributed by atoms with Crippen molar-refractivity contribution in [3.8, 4) is 0 Å². The molecular formula is C19H29N5. The van der Waals surface area contributed by atoms with Crippen molar-refractivity contribution in [3.63, 3.8) is 0 Å². The summed E-state index contributed by atoms with van der Waals surface area (Å²) >= 11 is 0. The number of rotatable bonds is 7. The number of hydrogen-bond donors (Lipinski definition) is 0. The summed E-state index contributed by atoms with van der Waals surface area (Å²) in [7, 11) is 4.45. The molecule has 2 aromatic heterocycles. The number of aryl methyl sites for hydroxylation is 1. The quantitative estimate of drug-likeness (QED) is 0.784. The molecule has 0 saturated carbocycles. The molecule has 0 aromatic carbocycles. The Bertz CT molecular complexity index is 624. The monoisotopic (exact) mass is 327 g/mol. The molecule has 0 amide bonds. The Labute approximate surface area is 145 Å². The highest BCUT2D eigenvalue weighted by atomic mass is 15.3. The van der Waals surface area contributed by atoms with Crippen LogP contribution in [0.5, 0.6) is 0 Å². The van der Waals surface area contributed by atoms with Gasteiger partial charge in [-0.15, -0.1) is 0 Å². The fourth-order valence-electron chi connectivity index (χ4n) is 3.91. The molecule has 0 unspecified atom stereocenters. The van der Waals surface area contributed by atoms with Crippen LogP contribution in [0.4, 0.5) is 0 Å². The molecule has 3 heterocycles. The van der Waals surface area contributed by atoms with Crippen LogP contribution in [0.15, 0.2) is 36.9 Å². The Balaban J connectivity index is 1.61. The van der Waals surface area contributed by atoms with Crippen molar-refractivity contribution < 1.29 is 0 Å². The Morgan fingerprint density at radius 2 is 2.21 bits per heavy atom. The summed E-state index contributed by atoms with van der Waals surface area (Å²) in [5.41, 5.74) is 2.64. The SMILES string of the molecule is CCCn1cc(CN(C)C[C@@H]2CCN(C)[C@H]2c2cccnc2)cn1. The Kier molecular flexibility index (Phi) is 5.63. The summed E-state index contributed by atoms with van der Waals surface area (Å²) in [6.07, 6.45) is 10.4. The summed E-state index contributed by atoms with van der Waals surface area (Å²) in [5, 5.41) is 4.44. The van der Waals surface area contributed by atoms with Crippen molar-refractivity contribution in [1.29, 1.82) is 0 Å². The third-order valence-corrected chi connectivity index (χ3v) is 4.94. The summed E-state index contributed by atoms with van der Waals surface area (Å²) < 4.78 is 2.05. The number of likely N-dealkylation sites (tertiary alicyclic amines) is 1. The Morgan fingerprint density at radius 3 is 2.96 bits per heavy atom. The van der Waals surface area contributed by atoms with Crippen molar-refractivity contribution in [2.75, 3.05) is 27.2 Å². The number of aromatic nitrogens is 3. The van der Waals surface area contributed by atoms with Gasteiger partial charge in [0.15, 0.2) is 0 Å². The lowest BCUT2D eigenvalue weighted by Crippen LogP contribution is -2.29. The molecule has 130 valence electrons. The summed E-state index contributed by atoms with van der Waals surface area (Å²) in [5.74, 6) is 0.648. The van der Waals surface area contributed by atoms with E-state index >= 15 is 0 Å². The van der Waals surface area contributed by atoms with Gasteiger partial charge in [0, 0.05) is 49.8 Å². The van der Waals surface area contributed by atoms with Crippen molar-refractivity contribution in [3.05, 3.63) is 48.0 Å². The molecule has 1 aliphatic rings. The van der Waals surface area contributed by atoms with E-state index in [1.807, 2.05) is 29.3 Å². The van der Waals surface area contributed by atoms with E-state index in [0.717, 1.165) is 32.6 Å². The van der Waals surface area contributed by atoms with Crippen molar-refractivity contribution >= 4 is 0 Å². The maximum absolute atomic E-state index is 4.44. The first-order valence-corrected chi connectivity index (χ1v) is 8.97. The molecule has 1 fully saturated rings. The first-order chi connectivity index (χ1) is 11.7. The molecular weight excluding hydrogens is 298 g/mol. The highest BCUT2D eigenvalue weighted by molar-refractivity contribution is 5.17. The number of pyridine rings is 1. The van der Waals surface area contributed by atoms with E-state index < -0.39 is 0 Å². The summed E-state index contributed by atoms with van der Waals surface area (Å²) in [4.78, 5) is 9.21. The van der Waals surface area contributed by atoms with Crippen LogP contribution in [-0.4, -0.2) is 51.7 Å². The summed E-state index contributed by atoms with van der Waals surface area (Å²) in [6.45, 7) is 6.40. The van der Waals surface area contributed by atoms with Crippen LogP contribution in [-0.2, 0) is 13.1 Å². The molecule has 5 heteroatoms. The van der Waals surface area contributed by atoms with Crippen molar-refractivity contribution in [2.24, 2.45) is 5.92 Å².